The molecule has 1 aliphatic rings. The van der Waals surface area contributed by atoms with Gasteiger partial charge in [0.05, 0.1) is 18.8 Å². The number of alkyl carbamates (subject to hydrolysis) is 1. The van der Waals surface area contributed by atoms with Crippen LogP contribution in [-0.4, -0.2) is 48.4 Å². The first-order valence-corrected chi connectivity index (χ1v) is 17.9. The number of unbranched alkanes of at least 4 members (excludes halogenated alkanes) is 10. The molecule has 0 saturated carbocycles. The monoisotopic (exact) mass is 636 g/mol. The third-order valence-corrected chi connectivity index (χ3v) is 8.75. The second kappa shape index (κ2) is 22.8. The molecule has 2 aromatic carbocycles. The van der Waals surface area contributed by atoms with Crippen molar-refractivity contribution in [1.82, 2.24) is 10.2 Å². The van der Waals surface area contributed by atoms with Gasteiger partial charge in [0.15, 0.2) is 6.29 Å². The summed E-state index contributed by atoms with van der Waals surface area (Å²) < 4.78 is 18.3. The predicted octanol–water partition coefficient (Wildman–Crippen LogP) is 9.16. The van der Waals surface area contributed by atoms with Gasteiger partial charge in [0.2, 0.25) is 0 Å². The fourth-order valence-electron chi connectivity index (χ4n) is 6.00. The Bertz CT molecular complexity index is 1070. The van der Waals surface area contributed by atoms with Crippen LogP contribution in [0, 0.1) is 0 Å². The van der Waals surface area contributed by atoms with E-state index in [0.29, 0.717) is 6.54 Å². The molecule has 2 N–H and O–H groups in total. The topological polar surface area (TPSA) is 80.3 Å². The number of benzene rings is 2. The molecule has 0 aromatic heterocycles. The summed E-state index contributed by atoms with van der Waals surface area (Å²) in [5.74, 6) is 0. The Morgan fingerprint density at radius 2 is 1.41 bits per heavy atom. The quantitative estimate of drug-likeness (QED) is 0.0935. The first kappa shape index (κ1) is 37.7. The number of rotatable bonds is 23. The van der Waals surface area contributed by atoms with Gasteiger partial charge in [-0.3, -0.25) is 0 Å². The lowest BCUT2D eigenvalue weighted by atomic mass is 9.99. The van der Waals surface area contributed by atoms with Gasteiger partial charge in [-0.15, -0.1) is 0 Å². The molecule has 1 fully saturated rings. The lowest BCUT2D eigenvalue weighted by Crippen LogP contribution is -2.40. The Morgan fingerprint density at radius 3 is 2.00 bits per heavy atom. The molecule has 256 valence electrons. The number of amides is 1. The molecular formula is C39H60N2O5. The lowest BCUT2D eigenvalue weighted by molar-refractivity contribution is -0.253. The molecule has 0 bridgehead atoms. The molecule has 3 atom stereocenters. The van der Waals surface area contributed by atoms with Crippen LogP contribution in [0.3, 0.4) is 0 Å². The first-order valence-electron chi connectivity index (χ1n) is 17.9. The maximum atomic E-state index is 11.8. The van der Waals surface area contributed by atoms with Gasteiger partial charge in [-0.25, -0.2) is 4.79 Å². The fraction of sp³-hybridized carbons (Fsp3) is 0.615. The number of nitrogens with one attached hydrogen (secondary N) is 1. The second-order valence-electron chi connectivity index (χ2n) is 12.7. The zero-order valence-electron chi connectivity index (χ0n) is 28.6. The van der Waals surface area contributed by atoms with Gasteiger partial charge in [-0.2, -0.15) is 0 Å². The highest BCUT2D eigenvalue weighted by Gasteiger charge is 2.33. The van der Waals surface area contributed by atoms with Gasteiger partial charge >= 0.3 is 6.09 Å². The number of hydrogen-bond donors (Lipinski definition) is 2. The van der Waals surface area contributed by atoms with Crippen LogP contribution < -0.4 is 5.32 Å². The Hall–Kier alpha value is -2.71. The molecule has 7 nitrogen and oxygen atoms in total. The number of hydrogen-bond acceptors (Lipinski definition) is 6. The first-order chi connectivity index (χ1) is 22.6. The number of carbonyl (C=O) groups excluding carboxylic acids is 1. The average molecular weight is 637 g/mol. The molecule has 0 unspecified atom stereocenters. The molecule has 1 saturated heterocycles. The highest BCUT2D eigenvalue weighted by atomic mass is 16.7. The number of aliphatic hydroxyl groups excluding tert-OH is 1. The largest absolute Gasteiger partial charge is 0.445 e. The summed E-state index contributed by atoms with van der Waals surface area (Å²) in [5.41, 5.74) is 3.92. The molecule has 7 heteroatoms. The van der Waals surface area contributed by atoms with E-state index >= 15 is 0 Å². The van der Waals surface area contributed by atoms with E-state index in [0.717, 1.165) is 48.3 Å². The molecule has 3 rings (SSSR count). The van der Waals surface area contributed by atoms with Crippen molar-refractivity contribution in [2.45, 2.75) is 129 Å². The van der Waals surface area contributed by atoms with Gasteiger partial charge < -0.3 is 29.5 Å². The molecule has 1 heterocycles. The van der Waals surface area contributed by atoms with Crippen molar-refractivity contribution in [1.29, 1.82) is 0 Å². The van der Waals surface area contributed by atoms with E-state index in [4.69, 9.17) is 14.2 Å². The third kappa shape index (κ3) is 14.4. The van der Waals surface area contributed by atoms with Gasteiger partial charge in [0, 0.05) is 25.1 Å². The van der Waals surface area contributed by atoms with E-state index in [1.807, 2.05) is 36.4 Å². The summed E-state index contributed by atoms with van der Waals surface area (Å²) in [5, 5.41) is 12.3. The summed E-state index contributed by atoms with van der Waals surface area (Å²) in [6, 6.07) is 16.1. The van der Waals surface area contributed by atoms with Crippen molar-refractivity contribution in [2.24, 2.45) is 0 Å². The normalized spacial score (nSPS) is 18.0. The summed E-state index contributed by atoms with van der Waals surface area (Å²) in [4.78, 5) is 14.5. The minimum absolute atomic E-state index is 0.0270. The molecule has 0 radical (unpaired) electrons. The highest BCUT2D eigenvalue weighted by molar-refractivity contribution is 5.67. The minimum atomic E-state index is -0.495. The SMILES string of the molecule is C=CCOC(=O)NCc1ccc([C@H]2O[C@@H](CN(CCCCCCCC)CCCCCCCC)C[C@@H](c3ccc(CO)cc3)O2)cc1. The lowest BCUT2D eigenvalue weighted by Gasteiger charge is -2.38. The van der Waals surface area contributed by atoms with Gasteiger partial charge in [0.25, 0.3) is 0 Å². The molecule has 2 aromatic rings. The number of carbonyl (C=O) groups is 1. The Balaban J connectivity index is 1.69. The summed E-state index contributed by atoms with van der Waals surface area (Å²) in [6.45, 7) is 11.8. The molecular weight excluding hydrogens is 576 g/mol. The Morgan fingerprint density at radius 1 is 0.848 bits per heavy atom. The van der Waals surface area contributed by atoms with Gasteiger partial charge in [-0.05, 0) is 42.6 Å². The Labute approximate surface area is 278 Å². The van der Waals surface area contributed by atoms with Gasteiger partial charge in [-0.1, -0.05) is 139 Å². The number of nitrogens with zero attached hydrogens (tertiary/aromatic N) is 1. The van der Waals surface area contributed by atoms with Crippen LogP contribution in [-0.2, 0) is 27.4 Å². The van der Waals surface area contributed by atoms with Crippen LogP contribution in [0.15, 0.2) is 61.2 Å². The van der Waals surface area contributed by atoms with Crippen LogP contribution in [0.25, 0.3) is 0 Å². The van der Waals surface area contributed by atoms with E-state index in [1.165, 1.54) is 77.0 Å². The van der Waals surface area contributed by atoms with Crippen molar-refractivity contribution in [3.05, 3.63) is 83.4 Å². The molecule has 0 aliphatic carbocycles. The maximum absolute atomic E-state index is 11.8. The van der Waals surface area contributed by atoms with E-state index in [9.17, 15) is 9.90 Å². The van der Waals surface area contributed by atoms with E-state index in [-0.39, 0.29) is 25.4 Å². The van der Waals surface area contributed by atoms with E-state index in [2.05, 4.69) is 42.8 Å². The average Bonchev–Trinajstić information content (AvgIpc) is 3.09. The van der Waals surface area contributed by atoms with Crippen LogP contribution in [0.1, 0.15) is 132 Å². The summed E-state index contributed by atoms with van der Waals surface area (Å²) >= 11 is 0. The second-order valence-corrected chi connectivity index (χ2v) is 12.7. The fourth-order valence-corrected chi connectivity index (χ4v) is 6.00. The van der Waals surface area contributed by atoms with Crippen molar-refractivity contribution in [2.75, 3.05) is 26.2 Å². The summed E-state index contributed by atoms with van der Waals surface area (Å²) in [6.07, 6.45) is 16.9. The molecule has 46 heavy (non-hydrogen) atoms. The standard InChI is InChI=1S/C39H60N2O5/c1-4-7-9-11-13-15-25-41(26-16-14-12-10-8-5-2)30-36-28-37(34-21-19-33(31-42)20-22-34)46-38(45-36)35-23-17-32(18-24-35)29-40-39(43)44-27-6-3/h6,17-24,36-38,42H,3-5,7-16,25-31H2,1-2H3,(H,40,43)/t36-,37+,38+/m1/s1. The van der Waals surface area contributed by atoms with Crippen LogP contribution in [0.2, 0.25) is 0 Å². The van der Waals surface area contributed by atoms with Gasteiger partial charge in [0.1, 0.15) is 6.61 Å². The van der Waals surface area contributed by atoms with Crippen molar-refractivity contribution < 1.29 is 24.1 Å². The van der Waals surface area contributed by atoms with Crippen molar-refractivity contribution in [3.8, 4) is 0 Å². The minimum Gasteiger partial charge on any atom is -0.445 e. The maximum Gasteiger partial charge on any atom is 0.407 e. The van der Waals surface area contributed by atoms with E-state index < -0.39 is 12.4 Å². The smallest absolute Gasteiger partial charge is 0.407 e. The number of aliphatic hydroxyl groups is 1. The highest BCUT2D eigenvalue weighted by Crippen LogP contribution is 2.38. The van der Waals surface area contributed by atoms with Crippen LogP contribution >= 0.6 is 0 Å². The van der Waals surface area contributed by atoms with Crippen LogP contribution in [0.5, 0.6) is 0 Å². The zero-order valence-corrected chi connectivity index (χ0v) is 28.6. The van der Waals surface area contributed by atoms with E-state index in [1.54, 1.807) is 6.08 Å². The zero-order chi connectivity index (χ0) is 32.8. The predicted molar refractivity (Wildman–Crippen MR) is 186 cm³/mol. The summed E-state index contributed by atoms with van der Waals surface area (Å²) in [7, 11) is 0. The third-order valence-electron chi connectivity index (χ3n) is 8.75. The number of ether oxygens (including phenoxy) is 3. The Kier molecular flexibility index (Phi) is 18.7. The molecule has 1 amide bonds. The van der Waals surface area contributed by atoms with Crippen molar-refractivity contribution in [3.63, 3.8) is 0 Å². The van der Waals surface area contributed by atoms with Crippen LogP contribution in [0.4, 0.5) is 4.79 Å². The van der Waals surface area contributed by atoms with Crippen molar-refractivity contribution >= 4 is 6.09 Å². The molecule has 1 aliphatic heterocycles. The molecule has 0 spiro atoms.